The fourth-order valence-electron chi connectivity index (χ4n) is 1.36. The van der Waals surface area contributed by atoms with Gasteiger partial charge in [-0.25, -0.2) is 13.1 Å². The highest BCUT2D eigenvalue weighted by Gasteiger charge is 2.20. The van der Waals surface area contributed by atoms with Crippen molar-refractivity contribution in [1.29, 1.82) is 0 Å². The first-order valence-corrected chi connectivity index (χ1v) is 7.37. The number of nitrogens with two attached hydrogens (primary N) is 1. The smallest absolute Gasteiger partial charge is 0.244 e. The van der Waals surface area contributed by atoms with Gasteiger partial charge in [0.1, 0.15) is 10.6 Å². The number of nitrogens with one attached hydrogen (secondary N) is 1. The second-order valence-corrected chi connectivity index (χ2v) is 6.12. The molecule has 0 heterocycles. The topological polar surface area (TPSA) is 81.4 Å². The molecule has 1 aromatic carbocycles. The Morgan fingerprint density at radius 1 is 1.39 bits per heavy atom. The quantitative estimate of drug-likeness (QED) is 0.771. The first-order chi connectivity index (χ1) is 8.36. The van der Waals surface area contributed by atoms with Crippen molar-refractivity contribution in [3.05, 3.63) is 18.2 Å². The average molecular weight is 272 g/mol. The van der Waals surface area contributed by atoms with Crippen molar-refractivity contribution in [3.63, 3.8) is 0 Å². The summed E-state index contributed by atoms with van der Waals surface area (Å²) in [5, 5.41) is 0. The fraction of sp³-hybridized carbons (Fsp3) is 0.500. The monoisotopic (exact) mass is 272 g/mol. The van der Waals surface area contributed by atoms with Crippen LogP contribution < -0.4 is 15.2 Å². The molecule has 0 saturated carbocycles. The summed E-state index contributed by atoms with van der Waals surface area (Å²) in [7, 11) is -3.59. The highest BCUT2D eigenvalue weighted by atomic mass is 32.2. The molecule has 0 aliphatic heterocycles. The molecule has 0 radical (unpaired) electrons. The number of hydrogen-bond donors (Lipinski definition) is 2. The first kappa shape index (κ1) is 14.8. The molecule has 0 aromatic heterocycles. The number of ether oxygens (including phenoxy) is 1. The Hall–Kier alpha value is -1.27. The summed E-state index contributed by atoms with van der Waals surface area (Å²) < 4.78 is 32.1. The molecule has 0 unspecified atom stereocenters. The molecule has 0 atom stereocenters. The summed E-state index contributed by atoms with van der Waals surface area (Å²) in [6.07, 6.45) is 0. The molecule has 5 nitrogen and oxygen atoms in total. The van der Waals surface area contributed by atoms with Crippen LogP contribution in [0.5, 0.6) is 5.75 Å². The lowest BCUT2D eigenvalue weighted by molar-refractivity contribution is 0.331. The molecule has 0 saturated heterocycles. The summed E-state index contributed by atoms with van der Waals surface area (Å²) >= 11 is 0. The molecule has 0 bridgehead atoms. The maximum absolute atomic E-state index is 12.1. The Bertz CT molecular complexity index is 498. The minimum Gasteiger partial charge on any atom is -0.492 e. The molecule has 1 rings (SSSR count). The van der Waals surface area contributed by atoms with Gasteiger partial charge in [0.15, 0.2) is 0 Å². The highest BCUT2D eigenvalue weighted by molar-refractivity contribution is 7.89. The van der Waals surface area contributed by atoms with Crippen molar-refractivity contribution < 1.29 is 13.2 Å². The number of sulfonamides is 1. The van der Waals surface area contributed by atoms with E-state index in [0.29, 0.717) is 24.6 Å². The van der Waals surface area contributed by atoms with Gasteiger partial charge in [0, 0.05) is 12.2 Å². The molecular formula is C12H20N2O3S. The van der Waals surface area contributed by atoms with Crippen LogP contribution in [0.4, 0.5) is 5.69 Å². The predicted molar refractivity (Wildman–Crippen MR) is 72.0 cm³/mol. The van der Waals surface area contributed by atoms with E-state index in [0.717, 1.165) is 0 Å². The van der Waals surface area contributed by atoms with E-state index in [9.17, 15) is 8.42 Å². The van der Waals surface area contributed by atoms with E-state index in [1.807, 2.05) is 13.8 Å². The lowest BCUT2D eigenvalue weighted by Gasteiger charge is -2.13. The maximum atomic E-state index is 12.1. The third kappa shape index (κ3) is 3.89. The van der Waals surface area contributed by atoms with E-state index in [2.05, 4.69) is 4.72 Å². The predicted octanol–water partition coefficient (Wildman–Crippen LogP) is 1.60. The van der Waals surface area contributed by atoms with E-state index >= 15 is 0 Å². The van der Waals surface area contributed by atoms with Gasteiger partial charge in [0.05, 0.1) is 6.61 Å². The zero-order valence-electron chi connectivity index (χ0n) is 10.9. The van der Waals surface area contributed by atoms with Crippen LogP contribution in [-0.4, -0.2) is 21.6 Å². The summed E-state index contributed by atoms with van der Waals surface area (Å²) in [5.41, 5.74) is 6.02. The van der Waals surface area contributed by atoms with Crippen LogP contribution in [0.1, 0.15) is 20.8 Å². The molecular weight excluding hydrogens is 252 g/mol. The van der Waals surface area contributed by atoms with Crippen LogP contribution >= 0.6 is 0 Å². The van der Waals surface area contributed by atoms with Crippen LogP contribution in [0.2, 0.25) is 0 Å². The van der Waals surface area contributed by atoms with E-state index in [1.165, 1.54) is 6.07 Å². The third-order valence-electron chi connectivity index (χ3n) is 2.24. The maximum Gasteiger partial charge on any atom is 0.244 e. The van der Waals surface area contributed by atoms with Gasteiger partial charge in [0.2, 0.25) is 10.0 Å². The van der Waals surface area contributed by atoms with Gasteiger partial charge < -0.3 is 10.5 Å². The van der Waals surface area contributed by atoms with Gasteiger partial charge in [-0.2, -0.15) is 0 Å². The van der Waals surface area contributed by atoms with Crippen molar-refractivity contribution in [2.45, 2.75) is 25.7 Å². The molecule has 18 heavy (non-hydrogen) atoms. The molecule has 0 amide bonds. The standard InChI is InChI=1S/C12H20N2O3S/c1-4-17-11-6-5-10(13)7-12(11)18(15,16)14-8-9(2)3/h5-7,9,14H,4,8,13H2,1-3H3. The molecule has 102 valence electrons. The Morgan fingerprint density at radius 2 is 2.06 bits per heavy atom. The van der Waals surface area contributed by atoms with Crippen molar-refractivity contribution >= 4 is 15.7 Å². The second kappa shape index (κ2) is 6.06. The Kier molecular flexibility index (Phi) is 4.98. The summed E-state index contributed by atoms with van der Waals surface area (Å²) in [5.74, 6) is 0.555. The van der Waals surface area contributed by atoms with E-state index in [1.54, 1.807) is 19.1 Å². The fourth-order valence-corrected chi connectivity index (χ4v) is 2.75. The molecule has 1 aromatic rings. The van der Waals surface area contributed by atoms with Crippen LogP contribution in [-0.2, 0) is 10.0 Å². The minimum absolute atomic E-state index is 0.0880. The Labute approximate surface area is 108 Å². The van der Waals surface area contributed by atoms with Gasteiger partial charge in [-0.05, 0) is 31.0 Å². The van der Waals surface area contributed by atoms with E-state index in [-0.39, 0.29) is 10.8 Å². The van der Waals surface area contributed by atoms with Gasteiger partial charge >= 0.3 is 0 Å². The van der Waals surface area contributed by atoms with Gasteiger partial charge in [0.25, 0.3) is 0 Å². The number of nitrogen functional groups attached to an aromatic ring is 1. The van der Waals surface area contributed by atoms with Crippen molar-refractivity contribution in [1.82, 2.24) is 4.72 Å². The normalized spacial score (nSPS) is 11.8. The van der Waals surface area contributed by atoms with Crippen molar-refractivity contribution in [3.8, 4) is 5.75 Å². The largest absolute Gasteiger partial charge is 0.492 e. The van der Waals surface area contributed by atoms with Crippen LogP contribution in [0.3, 0.4) is 0 Å². The van der Waals surface area contributed by atoms with Crippen LogP contribution in [0, 0.1) is 5.92 Å². The molecule has 0 fully saturated rings. The summed E-state index contributed by atoms with van der Waals surface area (Å²) in [4.78, 5) is 0.0880. The number of benzene rings is 1. The summed E-state index contributed by atoms with van der Waals surface area (Å²) in [6, 6.07) is 4.60. The summed E-state index contributed by atoms with van der Waals surface area (Å²) in [6.45, 7) is 6.45. The van der Waals surface area contributed by atoms with Gasteiger partial charge in [-0.1, -0.05) is 13.8 Å². The number of hydrogen-bond acceptors (Lipinski definition) is 4. The lowest BCUT2D eigenvalue weighted by atomic mass is 10.2. The van der Waals surface area contributed by atoms with Crippen LogP contribution in [0.15, 0.2) is 23.1 Å². The van der Waals surface area contributed by atoms with E-state index in [4.69, 9.17) is 10.5 Å². The first-order valence-electron chi connectivity index (χ1n) is 5.88. The van der Waals surface area contributed by atoms with Gasteiger partial charge in [-0.15, -0.1) is 0 Å². The Balaban J connectivity index is 3.09. The Morgan fingerprint density at radius 3 is 2.61 bits per heavy atom. The third-order valence-corrected chi connectivity index (χ3v) is 3.68. The highest BCUT2D eigenvalue weighted by Crippen LogP contribution is 2.26. The molecule has 0 aliphatic rings. The number of anilines is 1. The van der Waals surface area contributed by atoms with Gasteiger partial charge in [-0.3, -0.25) is 0 Å². The molecule has 3 N–H and O–H groups in total. The lowest BCUT2D eigenvalue weighted by Crippen LogP contribution is -2.28. The zero-order valence-corrected chi connectivity index (χ0v) is 11.8. The molecule has 6 heteroatoms. The SMILES string of the molecule is CCOc1ccc(N)cc1S(=O)(=O)NCC(C)C. The minimum atomic E-state index is -3.59. The van der Waals surface area contributed by atoms with E-state index < -0.39 is 10.0 Å². The van der Waals surface area contributed by atoms with Crippen molar-refractivity contribution in [2.24, 2.45) is 5.92 Å². The average Bonchev–Trinajstić information content (AvgIpc) is 2.29. The molecule has 0 aliphatic carbocycles. The zero-order chi connectivity index (χ0) is 13.8. The van der Waals surface area contributed by atoms with Crippen LogP contribution in [0.25, 0.3) is 0 Å². The van der Waals surface area contributed by atoms with Crippen molar-refractivity contribution in [2.75, 3.05) is 18.9 Å². The second-order valence-electron chi connectivity index (χ2n) is 4.38. The number of rotatable bonds is 6. The molecule has 0 spiro atoms.